The molecule has 0 spiro atoms. The third-order valence-corrected chi connectivity index (χ3v) is 4.75. The fourth-order valence-electron chi connectivity index (χ4n) is 3.22. The third-order valence-electron chi connectivity index (χ3n) is 4.75. The number of alkyl halides is 8. The van der Waals surface area contributed by atoms with Gasteiger partial charge in [0.2, 0.25) is 17.8 Å². The Kier molecular flexibility index (Phi) is 5.77. The fourth-order valence-corrected chi connectivity index (χ4v) is 3.22. The summed E-state index contributed by atoms with van der Waals surface area (Å²) in [5, 5.41) is 8.51. The Bertz CT molecular complexity index is 1170. The topological polar surface area (TPSA) is 93.4 Å². The number of nitrogens with zero attached hydrogens (tertiary/aromatic N) is 6. The Morgan fingerprint density at radius 3 is 2.26 bits per heavy atom. The number of halogens is 8. The summed E-state index contributed by atoms with van der Waals surface area (Å²) in [6, 6.07) is 1.78. The van der Waals surface area contributed by atoms with Crippen LogP contribution in [0.3, 0.4) is 0 Å². The van der Waals surface area contributed by atoms with Gasteiger partial charge in [0, 0.05) is 37.0 Å². The zero-order valence-corrected chi connectivity index (χ0v) is 16.8. The van der Waals surface area contributed by atoms with E-state index in [0.29, 0.717) is 16.8 Å². The van der Waals surface area contributed by atoms with Crippen molar-refractivity contribution in [2.45, 2.75) is 43.6 Å². The average molecular weight is 494 g/mol. The molecule has 0 aliphatic heterocycles. The summed E-state index contributed by atoms with van der Waals surface area (Å²) in [6.45, 7) is 0. The van der Waals surface area contributed by atoms with E-state index in [1.807, 2.05) is 0 Å². The Morgan fingerprint density at radius 2 is 1.65 bits per heavy atom. The van der Waals surface area contributed by atoms with Gasteiger partial charge in [-0.2, -0.15) is 46.4 Å². The van der Waals surface area contributed by atoms with Crippen molar-refractivity contribution in [3.63, 3.8) is 0 Å². The minimum atomic E-state index is -4.75. The van der Waals surface area contributed by atoms with Crippen LogP contribution in [0.4, 0.5) is 52.7 Å². The van der Waals surface area contributed by atoms with Crippen LogP contribution in [0.1, 0.15) is 30.7 Å². The maximum atomic E-state index is 13.5. The van der Waals surface area contributed by atoms with Crippen molar-refractivity contribution >= 4 is 17.6 Å². The molecule has 0 amide bonds. The number of hydrogen-bond acceptors (Lipinski definition) is 7. The van der Waals surface area contributed by atoms with E-state index in [2.05, 4.69) is 35.7 Å². The van der Waals surface area contributed by atoms with Crippen LogP contribution in [0.25, 0.3) is 5.95 Å². The third kappa shape index (κ3) is 5.48. The van der Waals surface area contributed by atoms with E-state index in [1.54, 1.807) is 0 Å². The number of pyridine rings is 1. The van der Waals surface area contributed by atoms with Gasteiger partial charge in [0.1, 0.15) is 5.69 Å². The van der Waals surface area contributed by atoms with E-state index >= 15 is 0 Å². The van der Waals surface area contributed by atoms with Crippen molar-refractivity contribution in [2.75, 3.05) is 10.6 Å². The quantitative estimate of drug-likeness (QED) is 0.491. The van der Waals surface area contributed by atoms with Crippen LogP contribution in [-0.4, -0.2) is 41.7 Å². The number of anilines is 3. The van der Waals surface area contributed by atoms with Crippen LogP contribution in [0.2, 0.25) is 0 Å². The lowest BCUT2D eigenvalue weighted by atomic mass is 10.2. The molecule has 1 aliphatic rings. The lowest BCUT2D eigenvalue weighted by Crippen LogP contribution is -2.21. The predicted molar refractivity (Wildman–Crippen MR) is 101 cm³/mol. The highest BCUT2D eigenvalue weighted by atomic mass is 19.4. The minimum absolute atomic E-state index is 0.0794. The van der Waals surface area contributed by atoms with Crippen molar-refractivity contribution in [1.82, 2.24) is 29.7 Å². The van der Waals surface area contributed by atoms with Gasteiger partial charge in [0.25, 0.3) is 5.95 Å². The first kappa shape index (κ1) is 23.6. The summed E-state index contributed by atoms with van der Waals surface area (Å²) in [5.41, 5.74) is -2.58. The summed E-state index contributed by atoms with van der Waals surface area (Å²) < 4.78 is 105. The molecule has 1 fully saturated rings. The van der Waals surface area contributed by atoms with Crippen LogP contribution in [0, 0.1) is 0 Å². The summed E-state index contributed by atoms with van der Waals surface area (Å²) in [5.74, 6) is -3.96. The Balaban J connectivity index is 1.68. The predicted octanol–water partition coefficient (Wildman–Crippen LogP) is 4.83. The molecule has 3 heterocycles. The molecular weight excluding hydrogens is 480 g/mol. The van der Waals surface area contributed by atoms with E-state index in [9.17, 15) is 35.1 Å². The number of hydrogen-bond donors (Lipinski definition) is 2. The first-order chi connectivity index (χ1) is 15.8. The van der Waals surface area contributed by atoms with Gasteiger partial charge in [-0.3, -0.25) is 4.98 Å². The molecule has 3 aromatic rings. The number of nitrogens with one attached hydrogen (secondary N) is 2. The summed E-state index contributed by atoms with van der Waals surface area (Å²) in [6.07, 6.45) is -8.49. The van der Waals surface area contributed by atoms with E-state index in [0.717, 1.165) is 12.4 Å². The Labute approximate surface area is 185 Å². The molecule has 0 aromatic carbocycles. The van der Waals surface area contributed by atoms with Crippen molar-refractivity contribution in [2.24, 2.45) is 0 Å². The second-order valence-corrected chi connectivity index (χ2v) is 7.42. The number of rotatable bonds is 5. The Hall–Kier alpha value is -3.59. The normalized spacial score (nSPS) is 18.2. The largest absolute Gasteiger partial charge is 0.435 e. The van der Waals surface area contributed by atoms with Crippen LogP contribution < -0.4 is 10.6 Å². The zero-order valence-electron chi connectivity index (χ0n) is 16.8. The molecule has 34 heavy (non-hydrogen) atoms. The van der Waals surface area contributed by atoms with E-state index < -0.39 is 48.1 Å². The van der Waals surface area contributed by atoms with E-state index in [-0.39, 0.29) is 30.4 Å². The molecule has 0 unspecified atom stereocenters. The van der Waals surface area contributed by atoms with Crippen molar-refractivity contribution in [1.29, 1.82) is 0 Å². The monoisotopic (exact) mass is 494 g/mol. The zero-order chi connectivity index (χ0) is 24.7. The maximum Gasteiger partial charge on any atom is 0.435 e. The van der Waals surface area contributed by atoms with Gasteiger partial charge < -0.3 is 10.6 Å². The van der Waals surface area contributed by atoms with Crippen molar-refractivity contribution < 1.29 is 35.1 Å². The molecule has 0 radical (unpaired) electrons. The van der Waals surface area contributed by atoms with Gasteiger partial charge >= 0.3 is 12.4 Å². The van der Waals surface area contributed by atoms with Gasteiger partial charge in [0.15, 0.2) is 5.69 Å². The average Bonchev–Trinajstić information content (AvgIpc) is 3.34. The van der Waals surface area contributed by atoms with Gasteiger partial charge in [-0.25, -0.2) is 13.5 Å². The van der Waals surface area contributed by atoms with E-state index in [1.165, 1.54) is 6.07 Å². The maximum absolute atomic E-state index is 13.5. The lowest BCUT2D eigenvalue weighted by molar-refractivity contribution is -0.142. The van der Waals surface area contributed by atoms with Crippen LogP contribution in [-0.2, 0) is 12.4 Å². The molecule has 0 bridgehead atoms. The van der Waals surface area contributed by atoms with Gasteiger partial charge in [0.05, 0.1) is 0 Å². The molecule has 3 aromatic heterocycles. The lowest BCUT2D eigenvalue weighted by Gasteiger charge is -2.15. The van der Waals surface area contributed by atoms with E-state index in [4.69, 9.17) is 0 Å². The van der Waals surface area contributed by atoms with Crippen LogP contribution >= 0.6 is 0 Å². The van der Waals surface area contributed by atoms with Crippen LogP contribution in [0.15, 0.2) is 30.6 Å². The molecule has 0 saturated heterocycles. The summed E-state index contributed by atoms with van der Waals surface area (Å²) >= 11 is 0. The van der Waals surface area contributed by atoms with Crippen molar-refractivity contribution in [3.8, 4) is 5.95 Å². The first-order valence-corrected chi connectivity index (χ1v) is 9.62. The molecule has 1 aliphatic carbocycles. The molecule has 16 heteroatoms. The smallest absolute Gasteiger partial charge is 0.351 e. The molecule has 2 N–H and O–H groups in total. The highest BCUT2D eigenvalue weighted by Gasteiger charge is 2.40. The molecule has 4 rings (SSSR count). The molecule has 1 saturated carbocycles. The van der Waals surface area contributed by atoms with Gasteiger partial charge in [-0.05, 0) is 24.6 Å². The standard InChI is InChI=1S/C18H14F8N8/c19-16(20)4-1-10(8-16)29-14-30-13(28-9-2-5-27-12(7-9)18(24,25)26)31-15(32-14)34-6-3-11(33-34)17(21,22)23/h2-3,5-7,10H,1,4,8H2,(H2,27,28,29,30,31,32)/t10-/m0/s1. The molecule has 182 valence electrons. The second kappa shape index (κ2) is 8.32. The van der Waals surface area contributed by atoms with Gasteiger partial charge in [-0.1, -0.05) is 0 Å². The fraction of sp³-hybridized carbons (Fsp3) is 0.389. The summed E-state index contributed by atoms with van der Waals surface area (Å²) in [7, 11) is 0. The number of aromatic nitrogens is 6. The SMILES string of the molecule is FC1(F)CC[C@H](Nc2nc(Nc3ccnc(C(F)(F)F)c3)nc(-n3ccc(C(F)(F)F)n3)n2)C1. The Morgan fingerprint density at radius 1 is 0.941 bits per heavy atom. The highest BCUT2D eigenvalue weighted by molar-refractivity contribution is 5.55. The minimum Gasteiger partial charge on any atom is -0.351 e. The first-order valence-electron chi connectivity index (χ1n) is 9.62. The second-order valence-electron chi connectivity index (χ2n) is 7.42. The van der Waals surface area contributed by atoms with Crippen molar-refractivity contribution in [3.05, 3.63) is 42.0 Å². The summed E-state index contributed by atoms with van der Waals surface area (Å²) in [4.78, 5) is 15.0. The molecular formula is C18H14F8N8. The highest BCUT2D eigenvalue weighted by Crippen LogP contribution is 2.36. The molecule has 1 atom stereocenters. The van der Waals surface area contributed by atoms with Crippen LogP contribution in [0.5, 0.6) is 0 Å². The molecule has 8 nitrogen and oxygen atoms in total. The van der Waals surface area contributed by atoms with Gasteiger partial charge in [-0.15, -0.1) is 0 Å².